The van der Waals surface area contributed by atoms with Gasteiger partial charge in [0.2, 0.25) is 0 Å². The maximum Gasteiger partial charge on any atom is 0.438 e. The van der Waals surface area contributed by atoms with Crippen molar-refractivity contribution in [2.75, 3.05) is 13.7 Å². The van der Waals surface area contributed by atoms with Crippen molar-refractivity contribution in [2.45, 2.75) is 0 Å². The Bertz CT molecular complexity index is 207. The van der Waals surface area contributed by atoms with Crippen LogP contribution in [0.15, 0.2) is 0 Å². The maximum atomic E-state index is 11.4. The zero-order chi connectivity index (χ0) is 8.20. The number of ether oxygens (including phenoxy) is 1. The molecule has 0 spiro atoms. The van der Waals surface area contributed by atoms with Crippen LogP contribution in [-0.4, -0.2) is 28.1 Å². The highest BCUT2D eigenvalue weighted by atomic mass is 32.3. The lowest BCUT2D eigenvalue weighted by atomic mass is 10.8. The largest absolute Gasteiger partial charge is 0.467 e. The van der Waals surface area contributed by atoms with Crippen LogP contribution in [0.5, 0.6) is 0 Å². The summed E-state index contributed by atoms with van der Waals surface area (Å²) in [7, 11) is -4.01. The topological polar surface area (TPSA) is 69.7 Å². The zero-order valence-electron chi connectivity index (χ0n) is 5.03. The van der Waals surface area contributed by atoms with E-state index in [2.05, 4.69) is 8.92 Å². The zero-order valence-corrected chi connectivity index (χ0v) is 5.85. The Labute approximate surface area is 57.2 Å². The number of hydrogen-bond acceptors (Lipinski definition) is 5. The molecule has 10 heavy (non-hydrogen) atoms. The Morgan fingerprint density at radius 3 is 2.40 bits per heavy atom. The molecule has 0 atom stereocenters. The van der Waals surface area contributed by atoms with E-state index in [0.717, 1.165) is 7.11 Å². The van der Waals surface area contributed by atoms with E-state index >= 15 is 0 Å². The number of carbonyl (C=O) groups is 1. The van der Waals surface area contributed by atoms with Gasteiger partial charge in [0, 0.05) is 0 Å². The lowest BCUT2D eigenvalue weighted by Crippen LogP contribution is -2.12. The molecule has 0 aliphatic carbocycles. The Balaban J connectivity index is 3.67. The second-order valence-corrected chi connectivity index (χ2v) is 2.25. The average Bonchev–Trinajstić information content (AvgIpc) is 1.81. The number of hydrogen-bond donors (Lipinski definition) is 0. The highest BCUT2D eigenvalue weighted by Gasteiger charge is 2.10. The second kappa shape index (κ2) is 3.47. The standard InChI is InChI=1S/C3H5FO5S/c1-8-3(5)2-9-10(4,6)7/h2H2,1H3. The van der Waals surface area contributed by atoms with Gasteiger partial charge >= 0.3 is 16.5 Å². The van der Waals surface area contributed by atoms with Crippen LogP contribution >= 0.6 is 0 Å². The summed E-state index contributed by atoms with van der Waals surface area (Å²) in [6, 6.07) is 0. The van der Waals surface area contributed by atoms with Gasteiger partial charge in [-0.25, -0.2) is 8.98 Å². The van der Waals surface area contributed by atoms with Gasteiger partial charge in [-0.15, -0.1) is 0 Å². The summed E-state index contributed by atoms with van der Waals surface area (Å²) in [5.41, 5.74) is 0. The fourth-order valence-electron chi connectivity index (χ4n) is 0.177. The van der Waals surface area contributed by atoms with E-state index in [1.54, 1.807) is 0 Å². The van der Waals surface area contributed by atoms with E-state index in [-0.39, 0.29) is 0 Å². The minimum atomic E-state index is -5.03. The molecular formula is C3H5FO5S. The Kier molecular flexibility index (Phi) is 3.23. The van der Waals surface area contributed by atoms with Gasteiger partial charge in [-0.3, -0.25) is 0 Å². The molecule has 0 aromatic carbocycles. The third-order valence-corrected chi connectivity index (χ3v) is 0.945. The van der Waals surface area contributed by atoms with Crippen molar-refractivity contribution >= 4 is 16.5 Å². The van der Waals surface area contributed by atoms with Gasteiger partial charge in [0.25, 0.3) is 0 Å². The van der Waals surface area contributed by atoms with Crippen LogP contribution in [0.2, 0.25) is 0 Å². The van der Waals surface area contributed by atoms with Crippen LogP contribution in [0.3, 0.4) is 0 Å². The van der Waals surface area contributed by atoms with Crippen molar-refractivity contribution < 1.29 is 26.0 Å². The summed E-state index contributed by atoms with van der Waals surface area (Å²) in [4.78, 5) is 10.1. The predicted molar refractivity (Wildman–Crippen MR) is 28.0 cm³/mol. The summed E-state index contributed by atoms with van der Waals surface area (Å²) in [6.45, 7) is -0.935. The molecule has 0 aliphatic heterocycles. The van der Waals surface area contributed by atoms with E-state index in [4.69, 9.17) is 0 Å². The molecule has 0 N–H and O–H groups in total. The van der Waals surface area contributed by atoms with Gasteiger partial charge in [-0.05, 0) is 0 Å². The molecule has 60 valence electrons. The molecule has 0 radical (unpaired) electrons. The number of esters is 1. The van der Waals surface area contributed by atoms with E-state index < -0.39 is 23.1 Å². The lowest BCUT2D eigenvalue weighted by Gasteiger charge is -1.94. The van der Waals surface area contributed by atoms with Crippen molar-refractivity contribution in [3.05, 3.63) is 0 Å². The van der Waals surface area contributed by atoms with Gasteiger partial charge in [0.15, 0.2) is 6.61 Å². The molecular weight excluding hydrogens is 167 g/mol. The van der Waals surface area contributed by atoms with Gasteiger partial charge in [-0.1, -0.05) is 3.89 Å². The van der Waals surface area contributed by atoms with Crippen molar-refractivity contribution in [1.29, 1.82) is 0 Å². The minimum absolute atomic E-state index is 0.935. The molecule has 0 aromatic rings. The number of carbonyl (C=O) groups excluding carboxylic acids is 1. The van der Waals surface area contributed by atoms with E-state index in [1.807, 2.05) is 0 Å². The molecule has 5 nitrogen and oxygen atoms in total. The first-order valence-corrected chi connectivity index (χ1v) is 3.42. The predicted octanol–water partition coefficient (Wildman–Crippen LogP) is -0.610. The second-order valence-electron chi connectivity index (χ2n) is 1.23. The number of halogens is 1. The fraction of sp³-hybridized carbons (Fsp3) is 0.667. The monoisotopic (exact) mass is 172 g/mol. The smallest absolute Gasteiger partial charge is 0.438 e. The Hall–Kier alpha value is -0.690. The average molecular weight is 172 g/mol. The quantitative estimate of drug-likeness (QED) is 0.419. The highest BCUT2D eigenvalue weighted by molar-refractivity contribution is 7.81. The van der Waals surface area contributed by atoms with E-state index in [9.17, 15) is 17.1 Å². The summed E-state index contributed by atoms with van der Waals surface area (Å²) in [6.07, 6.45) is 0. The molecule has 0 amide bonds. The third kappa shape index (κ3) is 5.45. The first-order valence-electron chi connectivity index (χ1n) is 2.11. The summed E-state index contributed by atoms with van der Waals surface area (Å²) >= 11 is 0. The SMILES string of the molecule is COC(=O)COS(=O)(=O)F. The molecule has 0 bridgehead atoms. The number of rotatable bonds is 3. The van der Waals surface area contributed by atoms with Crippen LogP contribution in [0.25, 0.3) is 0 Å². The maximum absolute atomic E-state index is 11.4. The van der Waals surface area contributed by atoms with Gasteiger partial charge < -0.3 is 4.74 Å². The van der Waals surface area contributed by atoms with Crippen LogP contribution in [-0.2, 0) is 24.2 Å². The minimum Gasteiger partial charge on any atom is -0.467 e. The number of methoxy groups -OCH3 is 1. The summed E-state index contributed by atoms with van der Waals surface area (Å²) < 4.78 is 37.9. The highest BCUT2D eigenvalue weighted by Crippen LogP contribution is 1.92. The molecule has 0 fully saturated rings. The normalized spacial score (nSPS) is 11.0. The van der Waals surface area contributed by atoms with Crippen molar-refractivity contribution in [1.82, 2.24) is 0 Å². The van der Waals surface area contributed by atoms with Gasteiger partial charge in [0.05, 0.1) is 7.11 Å². The van der Waals surface area contributed by atoms with Crippen molar-refractivity contribution in [2.24, 2.45) is 0 Å². The molecule has 0 aliphatic rings. The van der Waals surface area contributed by atoms with Crippen LogP contribution in [0, 0.1) is 0 Å². The molecule has 0 unspecified atom stereocenters. The summed E-state index contributed by atoms with van der Waals surface area (Å²) in [5.74, 6) is -0.957. The Morgan fingerprint density at radius 1 is 1.60 bits per heavy atom. The first-order chi connectivity index (χ1) is 4.45. The van der Waals surface area contributed by atoms with Crippen LogP contribution in [0.4, 0.5) is 3.89 Å². The Morgan fingerprint density at radius 2 is 2.10 bits per heavy atom. The van der Waals surface area contributed by atoms with E-state index in [1.165, 1.54) is 0 Å². The molecule has 0 rings (SSSR count). The third-order valence-electron chi connectivity index (χ3n) is 0.545. The summed E-state index contributed by atoms with van der Waals surface area (Å²) in [5, 5.41) is 0. The van der Waals surface area contributed by atoms with Crippen molar-refractivity contribution in [3.63, 3.8) is 0 Å². The molecule has 7 heteroatoms. The molecule has 0 saturated carbocycles. The van der Waals surface area contributed by atoms with Gasteiger partial charge in [-0.2, -0.15) is 8.42 Å². The van der Waals surface area contributed by atoms with Crippen molar-refractivity contribution in [3.8, 4) is 0 Å². The van der Waals surface area contributed by atoms with E-state index in [0.29, 0.717) is 0 Å². The van der Waals surface area contributed by atoms with Crippen LogP contribution in [0.1, 0.15) is 0 Å². The molecule has 0 saturated heterocycles. The first kappa shape index (κ1) is 9.31. The lowest BCUT2D eigenvalue weighted by molar-refractivity contribution is -0.142. The molecule has 0 aromatic heterocycles. The fourth-order valence-corrected chi connectivity index (χ4v) is 0.414. The van der Waals surface area contributed by atoms with Gasteiger partial charge in [0.1, 0.15) is 0 Å². The van der Waals surface area contributed by atoms with Crippen LogP contribution < -0.4 is 0 Å². The molecule has 0 heterocycles.